The number of hydrogen-bond acceptors (Lipinski definition) is 4. The van der Waals surface area contributed by atoms with Crippen LogP contribution in [-0.2, 0) is 9.84 Å². The molecule has 1 aliphatic heterocycles. The molecule has 0 aliphatic carbocycles. The van der Waals surface area contributed by atoms with Gasteiger partial charge in [-0.3, -0.25) is 0 Å². The maximum atomic E-state index is 13.5. The Morgan fingerprint density at radius 1 is 1.10 bits per heavy atom. The molecule has 5 heteroatoms. The summed E-state index contributed by atoms with van der Waals surface area (Å²) in [4.78, 5) is 0.295. The first kappa shape index (κ1) is 21.8. The van der Waals surface area contributed by atoms with Crippen LogP contribution in [-0.4, -0.2) is 32.0 Å². The van der Waals surface area contributed by atoms with E-state index in [0.29, 0.717) is 35.7 Å². The molecule has 0 amide bonds. The Bertz CT molecular complexity index is 923. The molecule has 2 aromatic rings. The molecule has 0 bridgehead atoms. The van der Waals surface area contributed by atoms with Crippen LogP contribution in [0.5, 0.6) is 5.75 Å². The zero-order chi connectivity index (χ0) is 21.1. The van der Waals surface area contributed by atoms with Crippen LogP contribution >= 0.6 is 0 Å². The Morgan fingerprint density at radius 3 is 2.45 bits per heavy atom. The molecule has 4 nitrogen and oxygen atoms in total. The van der Waals surface area contributed by atoms with E-state index >= 15 is 0 Å². The molecule has 0 spiro atoms. The van der Waals surface area contributed by atoms with Crippen molar-refractivity contribution in [3.8, 4) is 5.75 Å². The Morgan fingerprint density at radius 2 is 1.83 bits per heavy atom. The van der Waals surface area contributed by atoms with Gasteiger partial charge in [-0.25, -0.2) is 8.42 Å². The summed E-state index contributed by atoms with van der Waals surface area (Å²) < 4.78 is 32.7. The number of rotatable bonds is 7. The van der Waals surface area contributed by atoms with Gasteiger partial charge in [0.05, 0.1) is 23.4 Å². The van der Waals surface area contributed by atoms with Crippen LogP contribution in [0.4, 0.5) is 0 Å². The fraction of sp³-hybridized carbons (Fsp3) is 0.500. The SMILES string of the molecule is CCCCC1(CC)CS(=O)(=O)c2cc(OCC)ccc2C(c2ccccc2)C1O. The molecule has 1 N–H and O–H groups in total. The number of hydrogen-bond donors (Lipinski definition) is 1. The van der Waals surface area contributed by atoms with E-state index in [1.54, 1.807) is 6.07 Å². The summed E-state index contributed by atoms with van der Waals surface area (Å²) in [5.74, 6) is 0.119. The summed E-state index contributed by atoms with van der Waals surface area (Å²) in [6.07, 6.45) is 2.38. The van der Waals surface area contributed by atoms with Crippen molar-refractivity contribution < 1.29 is 18.3 Å². The van der Waals surface area contributed by atoms with E-state index in [4.69, 9.17) is 4.74 Å². The van der Waals surface area contributed by atoms with Gasteiger partial charge in [-0.15, -0.1) is 0 Å². The third-order valence-corrected chi connectivity index (χ3v) is 8.26. The van der Waals surface area contributed by atoms with Gasteiger partial charge in [0.15, 0.2) is 9.84 Å². The fourth-order valence-electron chi connectivity index (χ4n) is 4.62. The minimum Gasteiger partial charge on any atom is -0.494 e. The second-order valence-corrected chi connectivity index (χ2v) is 10.0. The van der Waals surface area contributed by atoms with E-state index in [-0.39, 0.29) is 5.75 Å². The Labute approximate surface area is 174 Å². The minimum absolute atomic E-state index is 0.0381. The van der Waals surface area contributed by atoms with Gasteiger partial charge in [-0.1, -0.05) is 63.1 Å². The molecule has 3 atom stereocenters. The van der Waals surface area contributed by atoms with Gasteiger partial charge in [0.2, 0.25) is 0 Å². The highest BCUT2D eigenvalue weighted by Crippen LogP contribution is 2.49. The maximum absolute atomic E-state index is 13.5. The summed E-state index contributed by atoms with van der Waals surface area (Å²) in [5, 5.41) is 11.7. The minimum atomic E-state index is -3.58. The highest BCUT2D eigenvalue weighted by atomic mass is 32.2. The molecule has 2 aromatic carbocycles. The lowest BCUT2D eigenvalue weighted by Gasteiger charge is -2.39. The molecular weight excluding hydrogens is 384 g/mol. The van der Waals surface area contributed by atoms with E-state index in [9.17, 15) is 13.5 Å². The van der Waals surface area contributed by atoms with Crippen molar-refractivity contribution in [2.75, 3.05) is 12.4 Å². The van der Waals surface area contributed by atoms with E-state index < -0.39 is 27.3 Å². The maximum Gasteiger partial charge on any atom is 0.179 e. The van der Waals surface area contributed by atoms with Gasteiger partial charge in [0.25, 0.3) is 0 Å². The number of unbranched alkanes of at least 4 members (excludes halogenated alkanes) is 1. The van der Waals surface area contributed by atoms with Crippen molar-refractivity contribution in [1.82, 2.24) is 0 Å². The summed E-state index contributed by atoms with van der Waals surface area (Å²) in [7, 11) is -3.58. The fourth-order valence-corrected chi connectivity index (χ4v) is 6.90. The van der Waals surface area contributed by atoms with Gasteiger partial charge in [0, 0.05) is 11.3 Å². The van der Waals surface area contributed by atoms with Crippen LogP contribution in [0.3, 0.4) is 0 Å². The highest BCUT2D eigenvalue weighted by Gasteiger charge is 2.48. The molecule has 158 valence electrons. The lowest BCUT2D eigenvalue weighted by Crippen LogP contribution is -2.42. The third-order valence-electron chi connectivity index (χ3n) is 6.28. The van der Waals surface area contributed by atoms with Gasteiger partial charge in [0.1, 0.15) is 5.75 Å². The van der Waals surface area contributed by atoms with E-state index in [2.05, 4.69) is 6.92 Å². The van der Waals surface area contributed by atoms with E-state index in [1.165, 1.54) is 0 Å². The molecule has 3 rings (SSSR count). The number of aliphatic hydroxyl groups excluding tert-OH is 1. The average molecular weight is 417 g/mol. The summed E-state index contributed by atoms with van der Waals surface area (Å²) in [6.45, 7) is 6.44. The molecule has 1 aliphatic rings. The monoisotopic (exact) mass is 416 g/mol. The first-order valence-corrected chi connectivity index (χ1v) is 12.3. The quantitative estimate of drug-likeness (QED) is 0.693. The lowest BCUT2D eigenvalue weighted by molar-refractivity contribution is 0.0174. The standard InChI is InChI=1S/C24H32O4S/c1-4-7-15-24(5-2)17-29(26,27)21-16-19(28-6-3)13-14-20(21)22(23(24)25)18-11-9-8-10-12-18/h8-14,16,22-23,25H,4-7,15,17H2,1-3H3. The van der Waals surface area contributed by atoms with Crippen LogP contribution in [0, 0.1) is 5.41 Å². The number of benzene rings is 2. The topological polar surface area (TPSA) is 63.6 Å². The summed E-state index contributed by atoms with van der Waals surface area (Å²) in [5.41, 5.74) is 0.927. The highest BCUT2D eigenvalue weighted by molar-refractivity contribution is 7.91. The molecule has 1 heterocycles. The Kier molecular flexibility index (Phi) is 6.69. The second-order valence-electron chi connectivity index (χ2n) is 8.04. The van der Waals surface area contributed by atoms with Crippen molar-refractivity contribution in [3.63, 3.8) is 0 Å². The number of sulfone groups is 1. The average Bonchev–Trinajstić information content (AvgIpc) is 2.79. The van der Waals surface area contributed by atoms with Crippen molar-refractivity contribution in [3.05, 3.63) is 59.7 Å². The van der Waals surface area contributed by atoms with Gasteiger partial charge in [-0.2, -0.15) is 0 Å². The molecular formula is C24H32O4S. The van der Waals surface area contributed by atoms with Gasteiger partial charge in [-0.05, 0) is 43.0 Å². The molecule has 0 fully saturated rings. The van der Waals surface area contributed by atoms with E-state index in [1.807, 2.05) is 56.3 Å². The predicted molar refractivity (Wildman–Crippen MR) is 116 cm³/mol. The second kappa shape index (κ2) is 8.88. The molecule has 29 heavy (non-hydrogen) atoms. The molecule has 0 radical (unpaired) electrons. The van der Waals surface area contributed by atoms with Crippen LogP contribution in [0.2, 0.25) is 0 Å². The Hall–Kier alpha value is -1.85. The lowest BCUT2D eigenvalue weighted by atomic mass is 9.69. The van der Waals surface area contributed by atoms with Crippen molar-refractivity contribution in [2.45, 2.75) is 63.4 Å². The zero-order valence-electron chi connectivity index (χ0n) is 17.6. The van der Waals surface area contributed by atoms with Crippen LogP contribution in [0.15, 0.2) is 53.4 Å². The zero-order valence-corrected chi connectivity index (χ0v) is 18.4. The van der Waals surface area contributed by atoms with Crippen molar-refractivity contribution in [2.24, 2.45) is 5.41 Å². The van der Waals surface area contributed by atoms with E-state index in [0.717, 1.165) is 18.4 Å². The molecule has 0 saturated carbocycles. The van der Waals surface area contributed by atoms with Crippen LogP contribution in [0.1, 0.15) is 63.5 Å². The van der Waals surface area contributed by atoms with Crippen molar-refractivity contribution in [1.29, 1.82) is 0 Å². The summed E-state index contributed by atoms with van der Waals surface area (Å²) >= 11 is 0. The largest absolute Gasteiger partial charge is 0.494 e. The number of ether oxygens (including phenoxy) is 1. The molecule has 0 aromatic heterocycles. The third kappa shape index (κ3) is 4.22. The van der Waals surface area contributed by atoms with Crippen LogP contribution in [0.25, 0.3) is 0 Å². The predicted octanol–water partition coefficient (Wildman–Crippen LogP) is 4.95. The van der Waals surface area contributed by atoms with Gasteiger partial charge < -0.3 is 9.84 Å². The molecule has 0 saturated heterocycles. The normalized spacial score (nSPS) is 25.8. The first-order valence-electron chi connectivity index (χ1n) is 10.6. The number of fused-ring (bicyclic) bond motifs is 1. The Balaban J connectivity index is 2.26. The number of aliphatic hydroxyl groups is 1. The summed E-state index contributed by atoms with van der Waals surface area (Å²) in [6, 6.07) is 15.0. The molecule has 3 unspecified atom stereocenters. The van der Waals surface area contributed by atoms with Crippen LogP contribution < -0.4 is 4.74 Å². The van der Waals surface area contributed by atoms with Crippen molar-refractivity contribution >= 4 is 9.84 Å². The smallest absolute Gasteiger partial charge is 0.179 e. The first-order chi connectivity index (χ1) is 13.9. The van der Waals surface area contributed by atoms with Gasteiger partial charge >= 0.3 is 0 Å².